The molecule has 1 aliphatic rings. The van der Waals surface area contributed by atoms with Crippen LogP contribution in [0.2, 0.25) is 0 Å². The maximum absolute atomic E-state index is 13.8. The highest BCUT2D eigenvalue weighted by Crippen LogP contribution is 2.32. The van der Waals surface area contributed by atoms with Crippen molar-refractivity contribution in [1.29, 1.82) is 0 Å². The van der Waals surface area contributed by atoms with Crippen molar-refractivity contribution in [1.82, 2.24) is 4.90 Å². The standard InChI is InChI=1S/C19H19F2NO3S/c20-16-2-1-3-17(19(16)21)26-15-8-9-22(10-15)18(24)12-25-14-6-4-13(11-23)5-7-14/h1-7,15,23H,8-12H2. The fourth-order valence-corrected chi connectivity index (χ4v) is 3.93. The highest BCUT2D eigenvalue weighted by atomic mass is 32.2. The molecule has 1 saturated heterocycles. The third kappa shape index (κ3) is 4.53. The number of hydrogen-bond donors (Lipinski definition) is 1. The van der Waals surface area contributed by atoms with Gasteiger partial charge in [0.25, 0.3) is 5.91 Å². The molecule has 0 aliphatic carbocycles. The van der Waals surface area contributed by atoms with Gasteiger partial charge in [-0.05, 0) is 36.2 Å². The third-order valence-corrected chi connectivity index (χ3v) is 5.46. The number of carbonyl (C=O) groups is 1. The molecule has 0 spiro atoms. The lowest BCUT2D eigenvalue weighted by Gasteiger charge is -2.17. The monoisotopic (exact) mass is 379 g/mol. The van der Waals surface area contributed by atoms with E-state index in [2.05, 4.69) is 0 Å². The highest BCUT2D eigenvalue weighted by molar-refractivity contribution is 8.00. The van der Waals surface area contributed by atoms with Crippen molar-refractivity contribution in [3.63, 3.8) is 0 Å². The molecule has 3 rings (SSSR count). The molecule has 1 amide bonds. The van der Waals surface area contributed by atoms with Crippen molar-refractivity contribution in [2.75, 3.05) is 19.7 Å². The quantitative estimate of drug-likeness (QED) is 0.837. The second-order valence-electron chi connectivity index (χ2n) is 6.01. The molecular weight excluding hydrogens is 360 g/mol. The molecule has 1 aliphatic heterocycles. The second-order valence-corrected chi connectivity index (χ2v) is 7.35. The van der Waals surface area contributed by atoms with E-state index in [0.717, 1.165) is 18.1 Å². The zero-order valence-electron chi connectivity index (χ0n) is 14.0. The summed E-state index contributed by atoms with van der Waals surface area (Å²) in [4.78, 5) is 14.2. The largest absolute Gasteiger partial charge is 0.484 e. The number of benzene rings is 2. The molecule has 7 heteroatoms. The number of thioether (sulfide) groups is 1. The minimum absolute atomic E-state index is 0.0269. The van der Waals surface area contributed by atoms with Gasteiger partial charge in [0.05, 0.1) is 6.61 Å². The second kappa shape index (κ2) is 8.51. The van der Waals surface area contributed by atoms with Crippen LogP contribution in [-0.4, -0.2) is 40.9 Å². The third-order valence-electron chi connectivity index (χ3n) is 4.18. The summed E-state index contributed by atoms with van der Waals surface area (Å²) in [5.74, 6) is -1.28. The molecule has 0 radical (unpaired) electrons. The lowest BCUT2D eigenvalue weighted by Crippen LogP contribution is -2.33. The summed E-state index contributed by atoms with van der Waals surface area (Å²) in [6.45, 7) is 0.925. The normalized spacial score (nSPS) is 16.7. The first kappa shape index (κ1) is 18.7. The summed E-state index contributed by atoms with van der Waals surface area (Å²) in [7, 11) is 0. The molecule has 138 valence electrons. The number of ether oxygens (including phenoxy) is 1. The van der Waals surface area contributed by atoms with E-state index in [1.807, 2.05) is 0 Å². The van der Waals surface area contributed by atoms with Crippen LogP contribution in [0.25, 0.3) is 0 Å². The Kier molecular flexibility index (Phi) is 6.11. The lowest BCUT2D eigenvalue weighted by atomic mass is 10.2. The Morgan fingerprint density at radius 1 is 1.23 bits per heavy atom. The van der Waals surface area contributed by atoms with Crippen molar-refractivity contribution in [2.24, 2.45) is 0 Å². The number of halogens is 2. The minimum atomic E-state index is -0.860. The van der Waals surface area contributed by atoms with Gasteiger partial charge in [-0.25, -0.2) is 8.78 Å². The predicted octanol–water partition coefficient (Wildman–Crippen LogP) is 3.23. The van der Waals surface area contributed by atoms with Crippen LogP contribution in [0.1, 0.15) is 12.0 Å². The fraction of sp³-hybridized carbons (Fsp3) is 0.316. The van der Waals surface area contributed by atoms with Gasteiger partial charge in [0.15, 0.2) is 18.2 Å². The highest BCUT2D eigenvalue weighted by Gasteiger charge is 2.28. The topological polar surface area (TPSA) is 49.8 Å². The van der Waals surface area contributed by atoms with Gasteiger partial charge >= 0.3 is 0 Å². The molecule has 2 aromatic carbocycles. The van der Waals surface area contributed by atoms with Crippen LogP contribution < -0.4 is 4.74 Å². The number of amides is 1. The number of nitrogens with zero attached hydrogens (tertiary/aromatic N) is 1. The molecule has 4 nitrogen and oxygen atoms in total. The average molecular weight is 379 g/mol. The number of aliphatic hydroxyl groups is 1. The van der Waals surface area contributed by atoms with Crippen molar-refractivity contribution >= 4 is 17.7 Å². The van der Waals surface area contributed by atoms with Gasteiger partial charge in [0, 0.05) is 23.2 Å². The van der Waals surface area contributed by atoms with Gasteiger partial charge in [-0.2, -0.15) is 0 Å². The van der Waals surface area contributed by atoms with Crippen LogP contribution >= 0.6 is 11.8 Å². The van der Waals surface area contributed by atoms with Crippen LogP contribution in [0.3, 0.4) is 0 Å². The van der Waals surface area contributed by atoms with E-state index in [4.69, 9.17) is 9.84 Å². The smallest absolute Gasteiger partial charge is 0.260 e. The fourth-order valence-electron chi connectivity index (χ4n) is 2.73. The predicted molar refractivity (Wildman–Crippen MR) is 95.1 cm³/mol. The molecule has 1 N–H and O–H groups in total. The first-order valence-electron chi connectivity index (χ1n) is 8.28. The van der Waals surface area contributed by atoms with E-state index < -0.39 is 11.6 Å². The molecule has 26 heavy (non-hydrogen) atoms. The summed E-state index contributed by atoms with van der Waals surface area (Å²) in [6, 6.07) is 11.0. The van der Waals surface area contributed by atoms with E-state index in [1.54, 1.807) is 35.2 Å². The van der Waals surface area contributed by atoms with Gasteiger partial charge < -0.3 is 14.7 Å². The molecule has 0 saturated carbocycles. The summed E-state index contributed by atoms with van der Waals surface area (Å²) < 4.78 is 32.5. The SMILES string of the molecule is O=C(COc1ccc(CO)cc1)N1CCC(Sc2cccc(F)c2F)C1. The summed E-state index contributed by atoms with van der Waals surface area (Å²) in [5, 5.41) is 9.03. The van der Waals surface area contributed by atoms with Crippen LogP contribution in [0.4, 0.5) is 8.78 Å². The van der Waals surface area contributed by atoms with Gasteiger partial charge in [-0.15, -0.1) is 11.8 Å². The molecule has 1 atom stereocenters. The zero-order chi connectivity index (χ0) is 18.5. The van der Waals surface area contributed by atoms with Crippen molar-refractivity contribution < 1.29 is 23.4 Å². The van der Waals surface area contributed by atoms with E-state index >= 15 is 0 Å². The maximum Gasteiger partial charge on any atom is 0.260 e. The van der Waals surface area contributed by atoms with Crippen LogP contribution in [-0.2, 0) is 11.4 Å². The van der Waals surface area contributed by atoms with E-state index in [0.29, 0.717) is 18.8 Å². The first-order chi connectivity index (χ1) is 12.6. The zero-order valence-corrected chi connectivity index (χ0v) is 14.8. The van der Waals surface area contributed by atoms with E-state index in [-0.39, 0.29) is 29.3 Å². The Balaban J connectivity index is 1.49. The molecule has 0 bridgehead atoms. The Labute approximate surface area is 154 Å². The maximum atomic E-state index is 13.8. The van der Waals surface area contributed by atoms with Crippen LogP contribution in [0.15, 0.2) is 47.4 Å². The Hall–Kier alpha value is -2.12. The van der Waals surface area contributed by atoms with Crippen molar-refractivity contribution in [3.05, 3.63) is 59.7 Å². The van der Waals surface area contributed by atoms with Crippen molar-refractivity contribution in [2.45, 2.75) is 23.2 Å². The Bertz CT molecular complexity index is 770. The van der Waals surface area contributed by atoms with Gasteiger partial charge in [-0.1, -0.05) is 18.2 Å². The van der Waals surface area contributed by atoms with E-state index in [9.17, 15) is 13.6 Å². The molecule has 1 heterocycles. The van der Waals surface area contributed by atoms with Crippen molar-refractivity contribution in [3.8, 4) is 5.75 Å². The Morgan fingerprint density at radius 3 is 2.73 bits per heavy atom. The van der Waals surface area contributed by atoms with Gasteiger partial charge in [0.1, 0.15) is 5.75 Å². The molecular formula is C19H19F2NO3S. The first-order valence-corrected chi connectivity index (χ1v) is 9.16. The number of likely N-dealkylation sites (tertiary alicyclic amines) is 1. The minimum Gasteiger partial charge on any atom is -0.484 e. The summed E-state index contributed by atoms with van der Waals surface area (Å²) >= 11 is 1.26. The van der Waals surface area contributed by atoms with Gasteiger partial charge in [0.2, 0.25) is 0 Å². The molecule has 1 fully saturated rings. The number of carbonyl (C=O) groups excluding carboxylic acids is 1. The lowest BCUT2D eigenvalue weighted by molar-refractivity contribution is -0.132. The molecule has 2 aromatic rings. The molecule has 1 unspecified atom stereocenters. The number of hydrogen-bond acceptors (Lipinski definition) is 4. The van der Waals surface area contributed by atoms with Crippen LogP contribution in [0, 0.1) is 11.6 Å². The Morgan fingerprint density at radius 2 is 2.00 bits per heavy atom. The number of aliphatic hydroxyl groups excluding tert-OH is 1. The van der Waals surface area contributed by atoms with Crippen LogP contribution in [0.5, 0.6) is 5.75 Å². The van der Waals surface area contributed by atoms with E-state index in [1.165, 1.54) is 17.8 Å². The molecule has 0 aromatic heterocycles. The summed E-state index contributed by atoms with van der Waals surface area (Å²) in [5.41, 5.74) is 0.771. The average Bonchev–Trinajstić information content (AvgIpc) is 3.12. The number of rotatable bonds is 6. The van der Waals surface area contributed by atoms with Gasteiger partial charge in [-0.3, -0.25) is 4.79 Å². The summed E-state index contributed by atoms with van der Waals surface area (Å²) in [6.07, 6.45) is 0.720.